The first-order valence-electron chi connectivity index (χ1n) is 6.11. The highest BCUT2D eigenvalue weighted by molar-refractivity contribution is 7.89. The zero-order chi connectivity index (χ0) is 14.0. The molecule has 4 nitrogen and oxygen atoms in total. The second-order valence-corrected chi connectivity index (χ2v) is 6.78. The number of nitrogens with one attached hydrogen (secondary N) is 2. The van der Waals surface area contributed by atoms with E-state index in [4.69, 9.17) is 11.6 Å². The van der Waals surface area contributed by atoms with Crippen molar-refractivity contribution in [3.8, 4) is 0 Å². The van der Waals surface area contributed by atoms with E-state index in [2.05, 4.69) is 10.0 Å². The molecule has 1 fully saturated rings. The van der Waals surface area contributed by atoms with Gasteiger partial charge in [-0.3, -0.25) is 0 Å². The fraction of sp³-hybridized carbons (Fsp3) is 0.500. The maximum absolute atomic E-state index is 13.2. The normalized spacial score (nSPS) is 24.4. The lowest BCUT2D eigenvalue weighted by Crippen LogP contribution is -2.51. The average molecular weight is 307 g/mol. The summed E-state index contributed by atoms with van der Waals surface area (Å²) in [5.74, 6) is -0.625. The fourth-order valence-corrected chi connectivity index (χ4v) is 4.01. The number of piperidine rings is 1. The van der Waals surface area contributed by atoms with Crippen molar-refractivity contribution in [1.29, 1.82) is 0 Å². The number of hydrogen-bond donors (Lipinski definition) is 2. The summed E-state index contributed by atoms with van der Waals surface area (Å²) in [6, 6.07) is 3.14. The van der Waals surface area contributed by atoms with Crippen LogP contribution in [-0.4, -0.2) is 27.0 Å². The molecule has 0 bridgehead atoms. The topological polar surface area (TPSA) is 58.2 Å². The van der Waals surface area contributed by atoms with Crippen molar-refractivity contribution < 1.29 is 12.8 Å². The van der Waals surface area contributed by atoms with Crippen molar-refractivity contribution in [2.45, 2.75) is 36.7 Å². The molecule has 1 saturated heterocycles. The van der Waals surface area contributed by atoms with Crippen LogP contribution in [0.4, 0.5) is 4.39 Å². The molecular weight excluding hydrogens is 291 g/mol. The Morgan fingerprint density at radius 3 is 2.89 bits per heavy atom. The van der Waals surface area contributed by atoms with Gasteiger partial charge < -0.3 is 5.32 Å². The van der Waals surface area contributed by atoms with Gasteiger partial charge in [0.25, 0.3) is 0 Å². The van der Waals surface area contributed by atoms with Crippen molar-refractivity contribution in [3.63, 3.8) is 0 Å². The van der Waals surface area contributed by atoms with Gasteiger partial charge in [0, 0.05) is 12.1 Å². The Labute approximate surface area is 117 Å². The molecule has 2 atom stereocenters. The zero-order valence-corrected chi connectivity index (χ0v) is 12.1. The maximum atomic E-state index is 13.2. The molecule has 1 aromatic rings. The summed E-state index contributed by atoms with van der Waals surface area (Å²) >= 11 is 5.83. The minimum absolute atomic E-state index is 0.0188. The molecule has 0 aromatic heterocycles. The minimum Gasteiger partial charge on any atom is -0.313 e. The van der Waals surface area contributed by atoms with Gasteiger partial charge in [-0.2, -0.15) is 0 Å². The molecule has 1 aliphatic rings. The molecular formula is C12H16ClFN2O2S. The summed E-state index contributed by atoms with van der Waals surface area (Å²) in [4.78, 5) is -0.216. The molecule has 7 heteroatoms. The smallest absolute Gasteiger partial charge is 0.242 e. The van der Waals surface area contributed by atoms with Crippen molar-refractivity contribution in [2.75, 3.05) is 6.54 Å². The van der Waals surface area contributed by atoms with Crippen LogP contribution in [0.25, 0.3) is 0 Å². The molecule has 0 spiro atoms. The largest absolute Gasteiger partial charge is 0.313 e. The van der Waals surface area contributed by atoms with Crippen LogP contribution in [0.1, 0.15) is 19.8 Å². The van der Waals surface area contributed by atoms with Crippen molar-refractivity contribution in [1.82, 2.24) is 10.0 Å². The van der Waals surface area contributed by atoms with Crippen LogP contribution in [0.15, 0.2) is 23.1 Å². The number of benzene rings is 1. The average Bonchev–Trinajstić information content (AvgIpc) is 2.35. The number of rotatable bonds is 3. The Kier molecular flexibility index (Phi) is 4.45. The highest BCUT2D eigenvalue weighted by Crippen LogP contribution is 2.23. The molecule has 2 rings (SSSR count). The SMILES string of the molecule is CC1NCCCC1NS(=O)(=O)c1cc(F)ccc1Cl. The Morgan fingerprint density at radius 1 is 1.47 bits per heavy atom. The van der Waals surface area contributed by atoms with Crippen LogP contribution >= 0.6 is 11.6 Å². The van der Waals surface area contributed by atoms with Gasteiger partial charge in [-0.05, 0) is 44.5 Å². The van der Waals surface area contributed by atoms with Crippen molar-refractivity contribution in [3.05, 3.63) is 29.0 Å². The van der Waals surface area contributed by atoms with Gasteiger partial charge in [0.05, 0.1) is 5.02 Å². The van der Waals surface area contributed by atoms with Gasteiger partial charge in [-0.1, -0.05) is 11.6 Å². The lowest BCUT2D eigenvalue weighted by atomic mass is 10.0. The quantitative estimate of drug-likeness (QED) is 0.897. The minimum atomic E-state index is -3.81. The second-order valence-electron chi connectivity index (χ2n) is 4.69. The Hall–Kier alpha value is -0.690. The molecule has 0 saturated carbocycles. The van der Waals surface area contributed by atoms with Gasteiger partial charge in [-0.25, -0.2) is 17.5 Å². The maximum Gasteiger partial charge on any atom is 0.242 e. The van der Waals surface area contributed by atoms with Gasteiger partial charge in [-0.15, -0.1) is 0 Å². The highest BCUT2D eigenvalue weighted by atomic mass is 35.5. The molecule has 1 heterocycles. The van der Waals surface area contributed by atoms with Crippen molar-refractivity contribution >= 4 is 21.6 Å². The first-order valence-corrected chi connectivity index (χ1v) is 7.97. The van der Waals surface area contributed by atoms with Crippen LogP contribution in [0.3, 0.4) is 0 Å². The molecule has 0 aliphatic carbocycles. The van der Waals surface area contributed by atoms with E-state index in [0.717, 1.165) is 31.5 Å². The van der Waals surface area contributed by atoms with E-state index in [1.54, 1.807) is 0 Å². The van der Waals surface area contributed by atoms with Crippen LogP contribution in [0.2, 0.25) is 5.02 Å². The van der Waals surface area contributed by atoms with E-state index >= 15 is 0 Å². The number of hydrogen-bond acceptors (Lipinski definition) is 3. The van der Waals surface area contributed by atoms with Crippen LogP contribution < -0.4 is 10.0 Å². The third kappa shape index (κ3) is 3.45. The van der Waals surface area contributed by atoms with Gasteiger partial charge in [0.1, 0.15) is 10.7 Å². The van der Waals surface area contributed by atoms with E-state index in [0.29, 0.717) is 0 Å². The summed E-state index contributed by atoms with van der Waals surface area (Å²) in [6.07, 6.45) is 1.65. The molecule has 2 N–H and O–H groups in total. The summed E-state index contributed by atoms with van der Waals surface area (Å²) in [5.41, 5.74) is 0. The Morgan fingerprint density at radius 2 is 2.21 bits per heavy atom. The van der Waals surface area contributed by atoms with E-state index < -0.39 is 15.8 Å². The highest BCUT2D eigenvalue weighted by Gasteiger charge is 2.27. The summed E-state index contributed by atoms with van der Waals surface area (Å²) in [5, 5.41) is 3.22. The third-order valence-corrected chi connectivity index (χ3v) is 5.22. The fourth-order valence-electron chi connectivity index (χ4n) is 2.15. The molecule has 19 heavy (non-hydrogen) atoms. The Balaban J connectivity index is 2.24. The predicted molar refractivity (Wildman–Crippen MR) is 72.2 cm³/mol. The lowest BCUT2D eigenvalue weighted by molar-refractivity contribution is 0.349. The second kappa shape index (κ2) is 5.75. The third-order valence-electron chi connectivity index (χ3n) is 3.25. The lowest BCUT2D eigenvalue weighted by Gasteiger charge is -2.30. The van der Waals surface area contributed by atoms with Crippen molar-refractivity contribution in [2.24, 2.45) is 0 Å². The van der Waals surface area contributed by atoms with Crippen LogP contribution in [-0.2, 0) is 10.0 Å². The number of halogens is 2. The van der Waals surface area contributed by atoms with Crippen LogP contribution in [0, 0.1) is 5.82 Å². The number of sulfonamides is 1. The van der Waals surface area contributed by atoms with Gasteiger partial charge in [0.15, 0.2) is 0 Å². The van der Waals surface area contributed by atoms with Crippen LogP contribution in [0.5, 0.6) is 0 Å². The predicted octanol–water partition coefficient (Wildman–Crippen LogP) is 1.90. The summed E-state index contributed by atoms with van der Waals surface area (Å²) < 4.78 is 40.2. The van der Waals surface area contributed by atoms with E-state index in [1.807, 2.05) is 6.92 Å². The van der Waals surface area contributed by atoms with Gasteiger partial charge >= 0.3 is 0 Å². The van der Waals surface area contributed by atoms with Gasteiger partial charge in [0.2, 0.25) is 10.0 Å². The van der Waals surface area contributed by atoms with E-state index in [-0.39, 0.29) is 22.0 Å². The molecule has 1 aliphatic heterocycles. The standard InChI is InChI=1S/C12H16ClFN2O2S/c1-8-11(3-2-6-15-8)16-19(17,18)12-7-9(14)4-5-10(12)13/h4-5,7-8,11,15-16H,2-3,6H2,1H3. The molecule has 0 radical (unpaired) electrons. The first kappa shape index (κ1) is 14.7. The molecule has 0 amide bonds. The zero-order valence-electron chi connectivity index (χ0n) is 10.5. The summed E-state index contributed by atoms with van der Waals surface area (Å²) in [7, 11) is -3.81. The summed E-state index contributed by atoms with van der Waals surface area (Å²) in [6.45, 7) is 2.79. The van der Waals surface area contributed by atoms with E-state index in [1.165, 1.54) is 6.07 Å². The molecule has 2 unspecified atom stereocenters. The first-order chi connectivity index (χ1) is 8.90. The Bertz CT molecular complexity index is 565. The van der Waals surface area contributed by atoms with E-state index in [9.17, 15) is 12.8 Å². The molecule has 106 valence electrons. The molecule has 1 aromatic carbocycles. The monoisotopic (exact) mass is 306 g/mol.